The summed E-state index contributed by atoms with van der Waals surface area (Å²) in [6.07, 6.45) is 5.40. The SMILES string of the molecule is CC(=O)Nc1ccc(S[C@@H](C)C(=O)N[C@H](C)[C@@H]2C[C@@H]3CC[C@@H]2C3)cc1. The van der Waals surface area contributed by atoms with Crippen molar-refractivity contribution in [1.82, 2.24) is 5.32 Å². The molecule has 4 nitrogen and oxygen atoms in total. The van der Waals surface area contributed by atoms with E-state index in [4.69, 9.17) is 0 Å². The van der Waals surface area contributed by atoms with Crippen LogP contribution in [0.1, 0.15) is 46.5 Å². The molecule has 0 saturated heterocycles. The quantitative estimate of drug-likeness (QED) is 0.752. The summed E-state index contributed by atoms with van der Waals surface area (Å²) in [7, 11) is 0. The molecule has 0 heterocycles. The molecular weight excluding hydrogens is 332 g/mol. The van der Waals surface area contributed by atoms with Gasteiger partial charge in [-0.05, 0) is 75.1 Å². The van der Waals surface area contributed by atoms with Crippen molar-refractivity contribution in [2.75, 3.05) is 5.32 Å². The molecule has 2 aliphatic rings. The van der Waals surface area contributed by atoms with Crippen molar-refractivity contribution in [2.24, 2.45) is 17.8 Å². The lowest BCUT2D eigenvalue weighted by molar-refractivity contribution is -0.121. The van der Waals surface area contributed by atoms with Crippen LogP contribution in [0.5, 0.6) is 0 Å². The first kappa shape index (κ1) is 18.3. The lowest BCUT2D eigenvalue weighted by Gasteiger charge is -2.29. The van der Waals surface area contributed by atoms with Crippen molar-refractivity contribution < 1.29 is 9.59 Å². The Morgan fingerprint density at radius 3 is 2.40 bits per heavy atom. The van der Waals surface area contributed by atoms with Crippen molar-refractivity contribution in [3.63, 3.8) is 0 Å². The van der Waals surface area contributed by atoms with E-state index in [1.807, 2.05) is 31.2 Å². The highest BCUT2D eigenvalue weighted by Gasteiger charge is 2.42. The zero-order valence-corrected chi connectivity index (χ0v) is 16.1. The summed E-state index contributed by atoms with van der Waals surface area (Å²) in [6, 6.07) is 7.89. The largest absolute Gasteiger partial charge is 0.352 e. The average molecular weight is 361 g/mol. The van der Waals surface area contributed by atoms with Gasteiger partial charge in [-0.3, -0.25) is 9.59 Å². The number of anilines is 1. The fraction of sp³-hybridized carbons (Fsp3) is 0.600. The third-order valence-corrected chi connectivity index (χ3v) is 6.77. The number of carbonyl (C=O) groups excluding carboxylic acids is 2. The Morgan fingerprint density at radius 1 is 1.12 bits per heavy atom. The van der Waals surface area contributed by atoms with E-state index in [0.717, 1.165) is 22.4 Å². The Morgan fingerprint density at radius 2 is 1.84 bits per heavy atom. The molecule has 0 unspecified atom stereocenters. The molecule has 136 valence electrons. The summed E-state index contributed by atoms with van der Waals surface area (Å²) < 4.78 is 0. The van der Waals surface area contributed by atoms with Crippen LogP contribution in [0, 0.1) is 17.8 Å². The second kappa shape index (κ2) is 7.81. The molecule has 2 fully saturated rings. The minimum absolute atomic E-state index is 0.0808. The Bertz CT molecular complexity index is 631. The van der Waals surface area contributed by atoms with E-state index in [1.165, 1.54) is 32.6 Å². The number of amides is 2. The van der Waals surface area contributed by atoms with Gasteiger partial charge >= 0.3 is 0 Å². The predicted molar refractivity (Wildman–Crippen MR) is 103 cm³/mol. The Kier molecular flexibility index (Phi) is 5.72. The molecule has 1 aromatic rings. The molecule has 0 aromatic heterocycles. The number of hydrogen-bond donors (Lipinski definition) is 2. The average Bonchev–Trinajstić information content (AvgIpc) is 3.19. The zero-order chi connectivity index (χ0) is 18.0. The molecule has 5 atom stereocenters. The third-order valence-electron chi connectivity index (χ3n) is 5.66. The third kappa shape index (κ3) is 4.57. The van der Waals surface area contributed by atoms with Crippen LogP contribution in [0.4, 0.5) is 5.69 Å². The highest BCUT2D eigenvalue weighted by molar-refractivity contribution is 8.00. The van der Waals surface area contributed by atoms with Crippen LogP contribution in [0.15, 0.2) is 29.2 Å². The van der Waals surface area contributed by atoms with E-state index >= 15 is 0 Å². The van der Waals surface area contributed by atoms with Crippen molar-refractivity contribution >= 4 is 29.3 Å². The molecule has 3 rings (SSSR count). The summed E-state index contributed by atoms with van der Waals surface area (Å²) in [5.41, 5.74) is 0.777. The van der Waals surface area contributed by atoms with Crippen LogP contribution in [0.25, 0.3) is 0 Å². The van der Waals surface area contributed by atoms with Crippen LogP contribution in [-0.2, 0) is 9.59 Å². The monoisotopic (exact) mass is 360 g/mol. The van der Waals surface area contributed by atoms with Gasteiger partial charge < -0.3 is 10.6 Å². The fourth-order valence-corrected chi connectivity index (χ4v) is 5.31. The standard InChI is InChI=1S/C20H28N2O2S/c1-12(19-11-15-4-5-16(19)10-15)21-20(24)13(2)25-18-8-6-17(7-9-18)22-14(3)23/h6-9,12-13,15-16,19H,4-5,10-11H2,1-3H3,(H,21,24)(H,22,23)/t12-,13+,15-,16-,19+/m1/s1. The minimum Gasteiger partial charge on any atom is -0.352 e. The molecule has 0 spiro atoms. The van der Waals surface area contributed by atoms with Gasteiger partial charge in [0.2, 0.25) is 11.8 Å². The van der Waals surface area contributed by atoms with Crippen molar-refractivity contribution in [3.05, 3.63) is 24.3 Å². The predicted octanol–water partition coefficient (Wildman–Crippen LogP) is 4.07. The summed E-state index contributed by atoms with van der Waals surface area (Å²) in [4.78, 5) is 24.6. The Balaban J connectivity index is 1.49. The van der Waals surface area contributed by atoms with Gasteiger partial charge in [-0.2, -0.15) is 0 Å². The molecular formula is C20H28N2O2S. The number of rotatable bonds is 6. The van der Waals surface area contributed by atoms with Gasteiger partial charge in [0.1, 0.15) is 0 Å². The number of thioether (sulfide) groups is 1. The summed E-state index contributed by atoms with van der Waals surface area (Å²) >= 11 is 1.55. The summed E-state index contributed by atoms with van der Waals surface area (Å²) in [5, 5.41) is 5.87. The van der Waals surface area contributed by atoms with Gasteiger partial charge in [0.05, 0.1) is 5.25 Å². The van der Waals surface area contributed by atoms with Crippen LogP contribution in [0.2, 0.25) is 0 Å². The van der Waals surface area contributed by atoms with Gasteiger partial charge in [0, 0.05) is 23.5 Å². The summed E-state index contributed by atoms with van der Waals surface area (Å²) in [5.74, 6) is 2.43. The Hall–Kier alpha value is -1.49. The van der Waals surface area contributed by atoms with Crippen LogP contribution >= 0.6 is 11.8 Å². The second-order valence-corrected chi connectivity index (χ2v) is 9.02. The number of benzene rings is 1. The number of nitrogens with one attached hydrogen (secondary N) is 2. The molecule has 2 saturated carbocycles. The first-order valence-electron chi connectivity index (χ1n) is 9.27. The van der Waals surface area contributed by atoms with E-state index in [1.54, 1.807) is 11.8 Å². The molecule has 1 aromatic carbocycles. The molecule has 2 N–H and O–H groups in total. The number of carbonyl (C=O) groups is 2. The van der Waals surface area contributed by atoms with Crippen LogP contribution in [-0.4, -0.2) is 23.1 Å². The minimum atomic E-state index is -0.132. The maximum atomic E-state index is 12.5. The molecule has 2 bridgehead atoms. The van der Waals surface area contributed by atoms with Gasteiger partial charge in [-0.1, -0.05) is 6.42 Å². The van der Waals surface area contributed by atoms with Gasteiger partial charge in [-0.15, -0.1) is 11.8 Å². The lowest BCUT2D eigenvalue weighted by Crippen LogP contribution is -2.43. The van der Waals surface area contributed by atoms with Gasteiger partial charge in [0.25, 0.3) is 0 Å². The van der Waals surface area contributed by atoms with Crippen molar-refractivity contribution in [2.45, 2.75) is 62.6 Å². The molecule has 0 radical (unpaired) electrons. The normalized spacial score (nSPS) is 26.9. The summed E-state index contributed by atoms with van der Waals surface area (Å²) in [6.45, 7) is 5.62. The van der Waals surface area contributed by atoms with Crippen molar-refractivity contribution in [1.29, 1.82) is 0 Å². The topological polar surface area (TPSA) is 58.2 Å². The lowest BCUT2D eigenvalue weighted by atomic mass is 9.84. The van der Waals surface area contributed by atoms with E-state index in [2.05, 4.69) is 17.6 Å². The van der Waals surface area contributed by atoms with Crippen molar-refractivity contribution in [3.8, 4) is 0 Å². The highest BCUT2D eigenvalue weighted by atomic mass is 32.2. The smallest absolute Gasteiger partial charge is 0.233 e. The number of hydrogen-bond acceptors (Lipinski definition) is 3. The molecule has 2 aliphatic carbocycles. The van der Waals surface area contributed by atoms with Gasteiger partial charge in [-0.25, -0.2) is 0 Å². The van der Waals surface area contributed by atoms with E-state index < -0.39 is 0 Å². The molecule has 0 aliphatic heterocycles. The van der Waals surface area contributed by atoms with Crippen LogP contribution < -0.4 is 10.6 Å². The first-order chi connectivity index (χ1) is 11.9. The van der Waals surface area contributed by atoms with E-state index in [9.17, 15) is 9.59 Å². The molecule has 2 amide bonds. The first-order valence-corrected chi connectivity index (χ1v) is 10.1. The zero-order valence-electron chi connectivity index (χ0n) is 15.2. The molecule has 25 heavy (non-hydrogen) atoms. The molecule has 5 heteroatoms. The van der Waals surface area contributed by atoms with E-state index in [0.29, 0.717) is 5.92 Å². The van der Waals surface area contributed by atoms with Crippen LogP contribution in [0.3, 0.4) is 0 Å². The maximum absolute atomic E-state index is 12.5. The van der Waals surface area contributed by atoms with Gasteiger partial charge in [0.15, 0.2) is 0 Å². The number of fused-ring (bicyclic) bond motifs is 2. The second-order valence-electron chi connectivity index (χ2n) is 7.60. The van der Waals surface area contributed by atoms with E-state index in [-0.39, 0.29) is 23.1 Å². The fourth-order valence-electron chi connectivity index (χ4n) is 4.43. The highest BCUT2D eigenvalue weighted by Crippen LogP contribution is 2.49. The Labute approximate surface area is 154 Å². The maximum Gasteiger partial charge on any atom is 0.233 e.